The number of hydrogen-bond donors (Lipinski definition) is 2. The number of alkyl carbamates (subject to hydrolysis) is 1. The number of benzene rings is 1. The van der Waals surface area contributed by atoms with Crippen LogP contribution in [0.3, 0.4) is 0 Å². The number of aliphatic carboxylic acids is 1. The first kappa shape index (κ1) is 15.1. The van der Waals surface area contributed by atoms with E-state index in [2.05, 4.69) is 5.32 Å². The van der Waals surface area contributed by atoms with Crippen LogP contribution in [0.25, 0.3) is 0 Å². The van der Waals surface area contributed by atoms with Crippen LogP contribution in [-0.4, -0.2) is 29.4 Å². The van der Waals surface area contributed by atoms with Crippen LogP contribution < -0.4 is 5.32 Å². The van der Waals surface area contributed by atoms with E-state index in [9.17, 15) is 14.2 Å². The molecule has 0 aliphatic heterocycles. The molecule has 1 aromatic rings. The predicted molar refractivity (Wildman–Crippen MR) is 68.3 cm³/mol. The van der Waals surface area contributed by atoms with E-state index in [1.54, 1.807) is 12.1 Å². The minimum Gasteiger partial charge on any atom is -0.480 e. The maximum absolute atomic E-state index is 11.4. The van der Waals surface area contributed by atoms with Crippen molar-refractivity contribution in [2.75, 3.05) is 6.16 Å². The normalized spacial score (nSPS) is 11.8. The SMILES string of the molecule is O=PCC[C@H](NC(=O)OCc1ccccc1)C(=O)O. The van der Waals surface area contributed by atoms with Crippen LogP contribution in [0.4, 0.5) is 4.79 Å². The van der Waals surface area contributed by atoms with Crippen molar-refractivity contribution in [3.05, 3.63) is 35.9 Å². The van der Waals surface area contributed by atoms with Crippen LogP contribution in [0.15, 0.2) is 30.3 Å². The van der Waals surface area contributed by atoms with Gasteiger partial charge in [0.2, 0.25) is 0 Å². The van der Waals surface area contributed by atoms with E-state index in [1.807, 2.05) is 18.2 Å². The van der Waals surface area contributed by atoms with Crippen molar-refractivity contribution in [2.45, 2.75) is 19.1 Å². The van der Waals surface area contributed by atoms with Crippen molar-refractivity contribution in [3.8, 4) is 0 Å². The molecule has 0 aliphatic carbocycles. The first-order valence-electron chi connectivity index (χ1n) is 5.62. The molecule has 1 aromatic carbocycles. The van der Waals surface area contributed by atoms with E-state index in [0.29, 0.717) is 0 Å². The van der Waals surface area contributed by atoms with Gasteiger partial charge in [-0.05, 0) is 12.0 Å². The van der Waals surface area contributed by atoms with Crippen LogP contribution >= 0.6 is 8.46 Å². The van der Waals surface area contributed by atoms with Gasteiger partial charge in [0, 0.05) is 6.16 Å². The third kappa shape index (κ3) is 5.97. The lowest BCUT2D eigenvalue weighted by Crippen LogP contribution is -2.41. The third-order valence-electron chi connectivity index (χ3n) is 2.31. The molecule has 19 heavy (non-hydrogen) atoms. The maximum Gasteiger partial charge on any atom is 0.408 e. The summed E-state index contributed by atoms with van der Waals surface area (Å²) in [5.74, 6) is -1.18. The lowest BCUT2D eigenvalue weighted by molar-refractivity contribution is -0.139. The molecule has 0 heterocycles. The van der Waals surface area contributed by atoms with Crippen LogP contribution in [0, 0.1) is 0 Å². The van der Waals surface area contributed by atoms with Crippen molar-refractivity contribution in [3.63, 3.8) is 0 Å². The number of amides is 1. The Bertz CT molecular complexity index is 437. The number of ether oxygens (including phenoxy) is 1. The molecule has 2 N–H and O–H groups in total. The molecule has 0 unspecified atom stereocenters. The van der Waals surface area contributed by atoms with E-state index >= 15 is 0 Å². The number of rotatable bonds is 7. The minimum absolute atomic E-state index is 0.0683. The fourth-order valence-electron chi connectivity index (χ4n) is 1.35. The highest BCUT2D eigenvalue weighted by Crippen LogP contribution is 2.03. The molecule has 0 fully saturated rings. The summed E-state index contributed by atoms with van der Waals surface area (Å²) in [4.78, 5) is 22.3. The van der Waals surface area contributed by atoms with Gasteiger partial charge in [0.1, 0.15) is 12.6 Å². The summed E-state index contributed by atoms with van der Waals surface area (Å²) in [6.07, 6.45) is -0.560. The number of carbonyl (C=O) groups excluding carboxylic acids is 1. The topological polar surface area (TPSA) is 92.7 Å². The second-order valence-electron chi connectivity index (χ2n) is 3.74. The van der Waals surface area contributed by atoms with E-state index in [0.717, 1.165) is 5.56 Å². The average Bonchev–Trinajstić information content (AvgIpc) is 2.42. The molecule has 0 aliphatic rings. The number of carboxylic acid groups (broad SMARTS) is 1. The maximum atomic E-state index is 11.4. The fourth-order valence-corrected chi connectivity index (χ4v) is 1.71. The van der Waals surface area contributed by atoms with Crippen molar-refractivity contribution in [2.24, 2.45) is 0 Å². The van der Waals surface area contributed by atoms with E-state index < -0.39 is 18.1 Å². The largest absolute Gasteiger partial charge is 0.480 e. The quantitative estimate of drug-likeness (QED) is 0.747. The molecule has 0 aromatic heterocycles. The molecule has 0 spiro atoms. The summed E-state index contributed by atoms with van der Waals surface area (Å²) < 4.78 is 15.2. The monoisotopic (exact) mass is 283 g/mol. The molecule has 1 rings (SSSR count). The molecular formula is C12H14NO5P. The van der Waals surface area contributed by atoms with Gasteiger partial charge in [0.15, 0.2) is 8.46 Å². The first-order chi connectivity index (χ1) is 9.13. The Labute approximate surface area is 112 Å². The van der Waals surface area contributed by atoms with Gasteiger partial charge in [-0.25, -0.2) is 9.59 Å². The highest BCUT2D eigenvalue weighted by atomic mass is 31.1. The number of nitrogens with one attached hydrogen (secondary N) is 1. The molecule has 1 atom stereocenters. The summed E-state index contributed by atoms with van der Waals surface area (Å²) in [6, 6.07) is 7.95. The molecule has 6 nitrogen and oxygen atoms in total. The Kier molecular flexibility index (Phi) is 6.53. The molecule has 0 bridgehead atoms. The van der Waals surface area contributed by atoms with Crippen LogP contribution in [0.5, 0.6) is 0 Å². The molecule has 7 heteroatoms. The highest BCUT2D eigenvalue weighted by Gasteiger charge is 2.20. The first-order valence-corrected chi connectivity index (χ1v) is 6.62. The van der Waals surface area contributed by atoms with Crippen molar-refractivity contribution in [1.82, 2.24) is 5.32 Å². The highest BCUT2D eigenvalue weighted by molar-refractivity contribution is 7.23. The zero-order valence-electron chi connectivity index (χ0n) is 10.1. The zero-order valence-corrected chi connectivity index (χ0v) is 11.0. The number of carbonyl (C=O) groups is 2. The summed E-state index contributed by atoms with van der Waals surface area (Å²) in [7, 11) is -0.154. The molecular weight excluding hydrogens is 269 g/mol. The Balaban J connectivity index is 2.40. The second-order valence-corrected chi connectivity index (χ2v) is 4.44. The van der Waals surface area contributed by atoms with Gasteiger partial charge in [-0.2, -0.15) is 0 Å². The van der Waals surface area contributed by atoms with E-state index in [-0.39, 0.29) is 27.6 Å². The summed E-state index contributed by atoms with van der Waals surface area (Å²) in [6.45, 7) is 0.0683. The summed E-state index contributed by atoms with van der Waals surface area (Å²) >= 11 is 0. The van der Waals surface area contributed by atoms with Gasteiger partial charge in [-0.15, -0.1) is 0 Å². The van der Waals surface area contributed by atoms with Crippen LogP contribution in [0.2, 0.25) is 0 Å². The van der Waals surface area contributed by atoms with E-state index in [4.69, 9.17) is 9.84 Å². The summed E-state index contributed by atoms with van der Waals surface area (Å²) in [5, 5.41) is 11.1. The minimum atomic E-state index is -1.18. The standard InChI is InChI=1S/C12H14NO5P/c14-11(15)10(6-7-19-17)13-12(16)18-8-9-4-2-1-3-5-9/h1-5,10H,6-8H2,(H,13,16)(H,14,15)/t10-/m0/s1. The molecule has 0 saturated heterocycles. The number of hydrogen-bond acceptors (Lipinski definition) is 4. The Hall–Kier alpha value is -1.94. The molecule has 102 valence electrons. The van der Waals surface area contributed by atoms with Crippen molar-refractivity contribution < 1.29 is 24.0 Å². The lowest BCUT2D eigenvalue weighted by Gasteiger charge is -2.13. The fraction of sp³-hybridized carbons (Fsp3) is 0.333. The van der Waals surface area contributed by atoms with Gasteiger partial charge in [-0.3, -0.25) is 4.57 Å². The van der Waals surface area contributed by atoms with Gasteiger partial charge in [0.05, 0.1) is 0 Å². The van der Waals surface area contributed by atoms with Gasteiger partial charge in [-0.1, -0.05) is 30.3 Å². The Morgan fingerprint density at radius 3 is 2.58 bits per heavy atom. The molecule has 0 saturated carbocycles. The van der Waals surface area contributed by atoms with Gasteiger partial charge >= 0.3 is 12.1 Å². The smallest absolute Gasteiger partial charge is 0.408 e. The van der Waals surface area contributed by atoms with Gasteiger partial charge in [0.25, 0.3) is 0 Å². The predicted octanol–water partition coefficient (Wildman–Crippen LogP) is 2.05. The van der Waals surface area contributed by atoms with Crippen molar-refractivity contribution in [1.29, 1.82) is 0 Å². The van der Waals surface area contributed by atoms with Crippen LogP contribution in [0.1, 0.15) is 12.0 Å². The lowest BCUT2D eigenvalue weighted by atomic mass is 10.2. The Morgan fingerprint density at radius 2 is 2.00 bits per heavy atom. The van der Waals surface area contributed by atoms with E-state index in [1.165, 1.54) is 0 Å². The third-order valence-corrected chi connectivity index (χ3v) is 2.75. The summed E-state index contributed by atoms with van der Waals surface area (Å²) in [5.41, 5.74) is 0.808. The Morgan fingerprint density at radius 1 is 1.32 bits per heavy atom. The van der Waals surface area contributed by atoms with Crippen molar-refractivity contribution >= 4 is 20.5 Å². The average molecular weight is 283 g/mol. The number of carboxylic acids is 1. The molecule has 0 radical (unpaired) electrons. The second kappa shape index (κ2) is 8.21. The zero-order chi connectivity index (χ0) is 14.1. The van der Waals surface area contributed by atoms with Gasteiger partial charge < -0.3 is 15.2 Å². The van der Waals surface area contributed by atoms with Crippen LogP contribution in [-0.2, 0) is 20.7 Å². The molecule has 1 amide bonds.